The fourth-order valence-electron chi connectivity index (χ4n) is 9.40. The van der Waals surface area contributed by atoms with Crippen molar-refractivity contribution < 1.29 is 4.42 Å². The Kier molecular flexibility index (Phi) is 7.89. The molecule has 12 rings (SSSR count). The molecule has 0 radical (unpaired) electrons. The van der Waals surface area contributed by atoms with Gasteiger partial charge in [0.1, 0.15) is 11.2 Å². The minimum absolute atomic E-state index is 0.859. The van der Waals surface area contributed by atoms with Crippen LogP contribution in [-0.4, -0.2) is 0 Å². The summed E-state index contributed by atoms with van der Waals surface area (Å²) in [6, 6.07) is 81.3. The van der Waals surface area contributed by atoms with Gasteiger partial charge in [-0.05, 0) is 120 Å². The van der Waals surface area contributed by atoms with Crippen molar-refractivity contribution in [2.45, 2.75) is 0 Å². The first-order valence-corrected chi connectivity index (χ1v) is 20.6. The molecule has 0 N–H and O–H groups in total. The molecule has 0 aliphatic heterocycles. The second-order valence-corrected chi connectivity index (χ2v) is 15.7. The molecule has 280 valence electrons. The summed E-state index contributed by atoms with van der Waals surface area (Å²) in [5.74, 6) is 0. The summed E-state index contributed by atoms with van der Waals surface area (Å²) >= 11 is 0. The lowest BCUT2D eigenvalue weighted by molar-refractivity contribution is 0.672. The smallest absolute Gasteiger partial charge is 0.143 e. The third kappa shape index (κ3) is 5.57. The van der Waals surface area contributed by atoms with Crippen LogP contribution in [0.4, 0.5) is 17.1 Å². The van der Waals surface area contributed by atoms with Crippen LogP contribution in [0, 0.1) is 0 Å². The van der Waals surface area contributed by atoms with Crippen molar-refractivity contribution in [1.82, 2.24) is 0 Å². The molecule has 0 atom stereocenters. The van der Waals surface area contributed by atoms with Gasteiger partial charge in [0.15, 0.2) is 0 Å². The van der Waals surface area contributed by atoms with E-state index in [4.69, 9.17) is 4.42 Å². The maximum atomic E-state index is 6.80. The Balaban J connectivity index is 1.13. The molecule has 60 heavy (non-hydrogen) atoms. The van der Waals surface area contributed by atoms with E-state index in [0.29, 0.717) is 0 Å². The lowest BCUT2D eigenvalue weighted by Gasteiger charge is -2.27. The van der Waals surface area contributed by atoms with E-state index < -0.39 is 0 Å². The molecule has 0 amide bonds. The Morgan fingerprint density at radius 3 is 1.58 bits per heavy atom. The predicted octanol–water partition coefficient (Wildman–Crippen LogP) is 16.7. The molecule has 0 aliphatic rings. The molecular weight excluding hydrogens is 727 g/mol. The summed E-state index contributed by atoms with van der Waals surface area (Å²) in [6.45, 7) is 0. The summed E-state index contributed by atoms with van der Waals surface area (Å²) in [5, 5.41) is 11.9. The third-order valence-corrected chi connectivity index (χ3v) is 12.2. The van der Waals surface area contributed by atoms with Crippen molar-refractivity contribution in [2.75, 3.05) is 4.90 Å². The fourth-order valence-corrected chi connectivity index (χ4v) is 9.40. The second kappa shape index (κ2) is 13.9. The molecule has 11 aromatic carbocycles. The van der Waals surface area contributed by atoms with Crippen LogP contribution in [-0.2, 0) is 0 Å². The van der Waals surface area contributed by atoms with E-state index in [-0.39, 0.29) is 0 Å². The minimum atomic E-state index is 0.859. The number of furan rings is 1. The van der Waals surface area contributed by atoms with Crippen LogP contribution < -0.4 is 4.90 Å². The zero-order valence-corrected chi connectivity index (χ0v) is 32.7. The summed E-state index contributed by atoms with van der Waals surface area (Å²) in [5.41, 5.74) is 12.1. The topological polar surface area (TPSA) is 16.4 Å². The van der Waals surface area contributed by atoms with Gasteiger partial charge in [0.25, 0.3) is 0 Å². The molecule has 0 bridgehead atoms. The molecule has 12 aromatic rings. The van der Waals surface area contributed by atoms with Crippen LogP contribution in [0.25, 0.3) is 98.4 Å². The number of nitrogens with zero attached hydrogens (tertiary/aromatic N) is 1. The molecule has 0 saturated carbocycles. The van der Waals surface area contributed by atoms with Crippen LogP contribution in [0.2, 0.25) is 0 Å². The van der Waals surface area contributed by atoms with Gasteiger partial charge in [-0.2, -0.15) is 0 Å². The van der Waals surface area contributed by atoms with E-state index >= 15 is 0 Å². The largest absolute Gasteiger partial charge is 0.455 e. The Hall–Kier alpha value is -7.94. The van der Waals surface area contributed by atoms with Crippen molar-refractivity contribution in [3.63, 3.8) is 0 Å². The summed E-state index contributed by atoms with van der Waals surface area (Å²) in [6.07, 6.45) is 0. The summed E-state index contributed by atoms with van der Waals surface area (Å²) in [4.78, 5) is 2.39. The maximum Gasteiger partial charge on any atom is 0.143 e. The minimum Gasteiger partial charge on any atom is -0.455 e. The number of hydrogen-bond donors (Lipinski definition) is 0. The summed E-state index contributed by atoms with van der Waals surface area (Å²) < 4.78 is 6.80. The van der Waals surface area contributed by atoms with Crippen LogP contribution in [0.3, 0.4) is 0 Å². The zero-order chi connectivity index (χ0) is 39.6. The van der Waals surface area contributed by atoms with Gasteiger partial charge in [0.2, 0.25) is 0 Å². The van der Waals surface area contributed by atoms with Crippen molar-refractivity contribution in [2.24, 2.45) is 0 Å². The molecule has 0 aliphatic carbocycles. The van der Waals surface area contributed by atoms with Gasteiger partial charge in [-0.3, -0.25) is 0 Å². The molecule has 0 unspecified atom stereocenters. The first-order valence-electron chi connectivity index (χ1n) is 20.6. The van der Waals surface area contributed by atoms with Crippen LogP contribution in [0.1, 0.15) is 0 Å². The number of anilines is 3. The van der Waals surface area contributed by atoms with E-state index in [1.54, 1.807) is 0 Å². The quantitative estimate of drug-likeness (QED) is 0.157. The Morgan fingerprint density at radius 1 is 0.267 bits per heavy atom. The summed E-state index contributed by atoms with van der Waals surface area (Å²) in [7, 11) is 0. The number of hydrogen-bond acceptors (Lipinski definition) is 2. The Morgan fingerprint density at radius 2 is 0.800 bits per heavy atom. The molecule has 0 saturated heterocycles. The predicted molar refractivity (Wildman–Crippen MR) is 255 cm³/mol. The highest BCUT2D eigenvalue weighted by Crippen LogP contribution is 2.48. The monoisotopic (exact) mass is 763 g/mol. The fraction of sp³-hybridized carbons (Fsp3) is 0. The van der Waals surface area contributed by atoms with E-state index in [2.05, 4.69) is 229 Å². The second-order valence-electron chi connectivity index (χ2n) is 15.7. The highest BCUT2D eigenvalue weighted by molar-refractivity contribution is 6.22. The Labute approximate surface area is 347 Å². The van der Waals surface area contributed by atoms with Gasteiger partial charge < -0.3 is 9.32 Å². The highest BCUT2D eigenvalue weighted by atomic mass is 16.3. The first-order chi connectivity index (χ1) is 29.7. The molecule has 0 spiro atoms. The average molecular weight is 764 g/mol. The molecule has 2 nitrogen and oxygen atoms in total. The SMILES string of the molecule is c1ccc(-c2c(-c3ccccc3)c3cc(N(c4cccc(-c5ccc6ccccc6c5)c4)c4ccc5c(c4)oc4c6ccccc6ccc54)ccc3c3ccccc23)cc1. The number of fused-ring (bicyclic) bond motifs is 9. The van der Waals surface area contributed by atoms with Gasteiger partial charge >= 0.3 is 0 Å². The lowest BCUT2D eigenvalue weighted by Crippen LogP contribution is -2.10. The van der Waals surface area contributed by atoms with E-state index in [1.165, 1.54) is 65.5 Å². The van der Waals surface area contributed by atoms with Crippen LogP contribution in [0.5, 0.6) is 0 Å². The van der Waals surface area contributed by atoms with Crippen molar-refractivity contribution in [3.8, 4) is 33.4 Å². The van der Waals surface area contributed by atoms with Crippen molar-refractivity contribution in [1.29, 1.82) is 0 Å². The first kappa shape index (κ1) is 34.1. The van der Waals surface area contributed by atoms with Gasteiger partial charge in [0.05, 0.1) is 0 Å². The number of rotatable bonds is 6. The van der Waals surface area contributed by atoms with Crippen molar-refractivity contribution >= 4 is 82.1 Å². The van der Waals surface area contributed by atoms with E-state index in [1.807, 2.05) is 0 Å². The molecule has 1 aromatic heterocycles. The normalized spacial score (nSPS) is 11.7. The molecule has 0 fully saturated rings. The molecule has 1 heterocycles. The standard InChI is InChI=1S/C58H37NO/c1-3-16-40(17-4-1)56-52-25-12-11-24-49(52)50-32-29-46(36-54(50)57(56)41-18-5-2-6-19-41)59(45-22-13-21-43(35-45)44-27-26-38-14-7-8-20-42(38)34-44)47-30-33-51-53-31-28-39-15-9-10-23-48(39)58(53)60-55(51)37-47/h1-37H. The zero-order valence-electron chi connectivity index (χ0n) is 32.7. The van der Waals surface area contributed by atoms with Gasteiger partial charge in [-0.15, -0.1) is 0 Å². The van der Waals surface area contributed by atoms with E-state index in [9.17, 15) is 0 Å². The van der Waals surface area contributed by atoms with Gasteiger partial charge in [0, 0.05) is 39.3 Å². The average Bonchev–Trinajstić information content (AvgIpc) is 3.70. The molecular formula is C58H37NO. The highest BCUT2D eigenvalue weighted by Gasteiger charge is 2.22. The lowest BCUT2D eigenvalue weighted by atomic mass is 9.85. The number of benzene rings is 11. The van der Waals surface area contributed by atoms with E-state index in [0.717, 1.165) is 50.0 Å². The molecule has 2 heteroatoms. The van der Waals surface area contributed by atoms with Crippen molar-refractivity contribution in [3.05, 3.63) is 224 Å². The maximum absolute atomic E-state index is 6.80. The Bertz CT molecular complexity index is 3600. The third-order valence-electron chi connectivity index (χ3n) is 12.2. The van der Waals surface area contributed by atoms with Crippen LogP contribution in [0.15, 0.2) is 229 Å². The van der Waals surface area contributed by atoms with Gasteiger partial charge in [-0.1, -0.05) is 170 Å². The van der Waals surface area contributed by atoms with Gasteiger partial charge in [-0.25, -0.2) is 0 Å². The van der Waals surface area contributed by atoms with Crippen LogP contribution >= 0.6 is 0 Å².